The molecule has 8 heteroatoms. The van der Waals surface area contributed by atoms with Crippen molar-refractivity contribution < 1.29 is 27.4 Å². The normalized spacial score (nSPS) is 21.8. The molecule has 146 valence electrons. The highest BCUT2D eigenvalue weighted by Crippen LogP contribution is 2.33. The van der Waals surface area contributed by atoms with Gasteiger partial charge in [0, 0.05) is 13.0 Å². The summed E-state index contributed by atoms with van der Waals surface area (Å²) in [5.74, 6) is -1.30. The highest BCUT2D eigenvalue weighted by molar-refractivity contribution is 7.93. The predicted octanol–water partition coefficient (Wildman–Crippen LogP) is 3.17. The molecule has 1 aliphatic rings. The van der Waals surface area contributed by atoms with E-state index in [0.717, 1.165) is 19.3 Å². The molecule has 0 radical (unpaired) electrons. The monoisotopic (exact) mass is 387 g/mol. The maximum absolute atomic E-state index is 13.2. The van der Waals surface area contributed by atoms with Gasteiger partial charge in [0.25, 0.3) is 0 Å². The third-order valence-electron chi connectivity index (χ3n) is 4.51. The molecule has 1 saturated heterocycles. The first-order valence-corrected chi connectivity index (χ1v) is 10.6. The van der Waals surface area contributed by atoms with E-state index in [1.54, 1.807) is 0 Å². The summed E-state index contributed by atoms with van der Waals surface area (Å²) in [6.45, 7) is 2.25. The number of nitrogens with zero attached hydrogens (tertiary/aromatic N) is 1. The van der Waals surface area contributed by atoms with Crippen LogP contribution in [0.5, 0.6) is 0 Å². The number of benzene rings is 1. The van der Waals surface area contributed by atoms with Crippen molar-refractivity contribution in [1.29, 1.82) is 0 Å². The minimum atomic E-state index is -3.52. The second kappa shape index (κ2) is 9.32. The average Bonchev–Trinajstić information content (AvgIpc) is 2.82. The van der Waals surface area contributed by atoms with Gasteiger partial charge >= 0.3 is 5.97 Å². The Balaban J connectivity index is 2.06. The van der Waals surface area contributed by atoms with Crippen LogP contribution in [0.25, 0.3) is 0 Å². The van der Waals surface area contributed by atoms with Gasteiger partial charge in [-0.1, -0.05) is 19.3 Å². The van der Waals surface area contributed by atoms with Gasteiger partial charge in [0.05, 0.1) is 23.6 Å². The molecular formula is C18H26FNO5S. The van der Waals surface area contributed by atoms with Crippen LogP contribution in [-0.2, 0) is 19.6 Å². The molecule has 2 unspecified atom stereocenters. The van der Waals surface area contributed by atoms with Crippen molar-refractivity contribution in [2.24, 2.45) is 0 Å². The van der Waals surface area contributed by atoms with Crippen molar-refractivity contribution in [3.63, 3.8) is 0 Å². The van der Waals surface area contributed by atoms with Gasteiger partial charge in [-0.3, -0.25) is 9.10 Å². The zero-order chi connectivity index (χ0) is 19.2. The van der Waals surface area contributed by atoms with Gasteiger partial charge in [0.1, 0.15) is 5.82 Å². The van der Waals surface area contributed by atoms with Crippen molar-refractivity contribution in [1.82, 2.24) is 0 Å². The molecule has 1 heterocycles. The molecule has 1 N–H and O–H groups in total. The number of carboxylic acid groups (broad SMARTS) is 1. The molecule has 0 amide bonds. The Morgan fingerprint density at radius 2 is 1.88 bits per heavy atom. The van der Waals surface area contributed by atoms with Gasteiger partial charge in [-0.2, -0.15) is 0 Å². The molecule has 0 aromatic heterocycles. The number of carbonyl (C=O) groups is 1. The van der Waals surface area contributed by atoms with Gasteiger partial charge < -0.3 is 9.84 Å². The van der Waals surface area contributed by atoms with Crippen LogP contribution in [0.4, 0.5) is 10.1 Å². The summed E-state index contributed by atoms with van der Waals surface area (Å²) in [7, 11) is -3.52. The molecule has 1 aromatic carbocycles. The molecule has 26 heavy (non-hydrogen) atoms. The molecule has 1 aromatic rings. The number of sulfonamides is 1. The molecule has 0 bridgehead atoms. The molecule has 0 aliphatic carbocycles. The summed E-state index contributed by atoms with van der Waals surface area (Å²) in [4.78, 5) is 10.5. The van der Waals surface area contributed by atoms with E-state index in [9.17, 15) is 17.6 Å². The van der Waals surface area contributed by atoms with Crippen molar-refractivity contribution >= 4 is 21.7 Å². The summed E-state index contributed by atoms with van der Waals surface area (Å²) < 4.78 is 45.5. The maximum atomic E-state index is 13.2. The number of rotatable bonds is 10. The van der Waals surface area contributed by atoms with E-state index < -0.39 is 27.9 Å². The Kier molecular flexibility index (Phi) is 7.40. The number of unbranched alkanes of at least 4 members (excludes halogenated alkanes) is 3. The third-order valence-corrected chi connectivity index (χ3v) is 6.34. The fourth-order valence-corrected chi connectivity index (χ4v) is 5.35. The largest absolute Gasteiger partial charge is 0.481 e. The molecule has 0 spiro atoms. The first-order valence-electron chi connectivity index (χ1n) is 8.96. The highest BCUT2D eigenvalue weighted by atomic mass is 32.2. The Morgan fingerprint density at radius 3 is 2.50 bits per heavy atom. The van der Waals surface area contributed by atoms with E-state index in [2.05, 4.69) is 0 Å². The number of aliphatic carboxylic acids is 1. The molecule has 1 fully saturated rings. The lowest BCUT2D eigenvalue weighted by Gasteiger charge is -2.28. The third kappa shape index (κ3) is 5.41. The van der Waals surface area contributed by atoms with Gasteiger partial charge in [0.15, 0.2) is 0 Å². The molecule has 2 rings (SSSR count). The molecule has 1 aliphatic heterocycles. The summed E-state index contributed by atoms with van der Waals surface area (Å²) >= 11 is 0. The van der Waals surface area contributed by atoms with E-state index in [0.29, 0.717) is 25.1 Å². The Morgan fingerprint density at radius 1 is 1.23 bits per heavy atom. The summed E-state index contributed by atoms with van der Waals surface area (Å²) in [5.41, 5.74) is 0.449. The number of anilines is 1. The summed E-state index contributed by atoms with van der Waals surface area (Å²) in [5, 5.41) is 8.66. The molecule has 6 nitrogen and oxygen atoms in total. The maximum Gasteiger partial charge on any atom is 0.303 e. The van der Waals surface area contributed by atoms with Crippen LogP contribution < -0.4 is 4.31 Å². The van der Waals surface area contributed by atoms with Crippen LogP contribution >= 0.6 is 0 Å². The first-order chi connectivity index (χ1) is 12.3. The average molecular weight is 387 g/mol. The van der Waals surface area contributed by atoms with Crippen LogP contribution in [0.15, 0.2) is 24.3 Å². The number of halogens is 1. The standard InChI is InChI=1S/C18H26FNO5S/c1-2-25-17-13-26(23,24)20(15-11-9-14(19)10-12-15)16(17)7-5-3-4-6-8-18(21)22/h9-12,16-17H,2-8,13H2,1H3,(H,21,22). The quantitative estimate of drug-likeness (QED) is 0.624. The Bertz CT molecular complexity index is 692. The zero-order valence-corrected chi connectivity index (χ0v) is 15.8. The van der Waals surface area contributed by atoms with E-state index in [1.165, 1.54) is 28.6 Å². The van der Waals surface area contributed by atoms with Gasteiger partial charge in [0.2, 0.25) is 10.0 Å². The topological polar surface area (TPSA) is 83.9 Å². The second-order valence-electron chi connectivity index (χ2n) is 6.46. The molecule has 0 saturated carbocycles. The fraction of sp³-hybridized carbons (Fsp3) is 0.611. The minimum Gasteiger partial charge on any atom is -0.481 e. The number of ether oxygens (including phenoxy) is 1. The van der Waals surface area contributed by atoms with Crippen molar-refractivity contribution in [2.45, 2.75) is 57.6 Å². The van der Waals surface area contributed by atoms with Crippen LogP contribution in [0.1, 0.15) is 45.4 Å². The van der Waals surface area contributed by atoms with E-state index in [1.807, 2.05) is 6.92 Å². The van der Waals surface area contributed by atoms with Crippen LogP contribution in [0, 0.1) is 5.82 Å². The second-order valence-corrected chi connectivity index (χ2v) is 8.35. The lowest BCUT2D eigenvalue weighted by molar-refractivity contribution is -0.137. The summed E-state index contributed by atoms with van der Waals surface area (Å²) in [6.07, 6.45) is 3.38. The van der Waals surface area contributed by atoms with E-state index in [-0.39, 0.29) is 18.2 Å². The molecule has 2 atom stereocenters. The number of hydrogen-bond acceptors (Lipinski definition) is 4. The Hall–Kier alpha value is -1.67. The minimum absolute atomic E-state index is 0.0815. The molecular weight excluding hydrogens is 361 g/mol. The van der Waals surface area contributed by atoms with Gasteiger partial charge in [-0.05, 0) is 44.0 Å². The van der Waals surface area contributed by atoms with Gasteiger partial charge in [-0.25, -0.2) is 12.8 Å². The zero-order valence-electron chi connectivity index (χ0n) is 14.9. The van der Waals surface area contributed by atoms with Crippen molar-refractivity contribution in [2.75, 3.05) is 16.7 Å². The van der Waals surface area contributed by atoms with Gasteiger partial charge in [-0.15, -0.1) is 0 Å². The SMILES string of the molecule is CCOC1CS(=O)(=O)N(c2ccc(F)cc2)C1CCCCCCC(=O)O. The lowest BCUT2D eigenvalue weighted by Crippen LogP contribution is -2.38. The Labute approximate surface area is 154 Å². The highest BCUT2D eigenvalue weighted by Gasteiger charge is 2.45. The first kappa shape index (κ1) is 20.6. The number of carboxylic acids is 1. The lowest BCUT2D eigenvalue weighted by atomic mass is 10.0. The van der Waals surface area contributed by atoms with Crippen LogP contribution in [-0.4, -0.2) is 44.0 Å². The number of hydrogen-bond donors (Lipinski definition) is 1. The van der Waals surface area contributed by atoms with E-state index in [4.69, 9.17) is 9.84 Å². The summed E-state index contributed by atoms with van der Waals surface area (Å²) in [6, 6.07) is 5.12. The predicted molar refractivity (Wildman–Crippen MR) is 97.2 cm³/mol. The smallest absolute Gasteiger partial charge is 0.303 e. The van der Waals surface area contributed by atoms with Crippen LogP contribution in [0.3, 0.4) is 0 Å². The fourth-order valence-electron chi connectivity index (χ4n) is 3.36. The van der Waals surface area contributed by atoms with Crippen molar-refractivity contribution in [3.8, 4) is 0 Å². The van der Waals surface area contributed by atoms with Crippen molar-refractivity contribution in [3.05, 3.63) is 30.1 Å². The van der Waals surface area contributed by atoms with E-state index >= 15 is 0 Å². The van der Waals surface area contributed by atoms with Crippen LogP contribution in [0.2, 0.25) is 0 Å².